The summed E-state index contributed by atoms with van der Waals surface area (Å²) in [6, 6.07) is 0. The molecule has 7 rings (SSSR count). The number of aromatic nitrogens is 4. The molecule has 0 radical (unpaired) electrons. The van der Waals surface area contributed by atoms with Gasteiger partial charge in [-0.2, -0.15) is 0 Å². The summed E-state index contributed by atoms with van der Waals surface area (Å²) in [5, 5.41) is 11.3. The first-order valence-corrected chi connectivity index (χ1v) is 11.3. The van der Waals surface area contributed by atoms with E-state index in [0.29, 0.717) is 40.8 Å². The second-order valence-electron chi connectivity index (χ2n) is 10.1. The van der Waals surface area contributed by atoms with E-state index in [4.69, 9.17) is 10.7 Å². The molecule has 5 aliphatic rings. The molecule has 0 amide bonds. The van der Waals surface area contributed by atoms with E-state index in [-0.39, 0.29) is 5.92 Å². The van der Waals surface area contributed by atoms with E-state index < -0.39 is 5.60 Å². The van der Waals surface area contributed by atoms with Crippen molar-refractivity contribution in [3.05, 3.63) is 12.2 Å². The van der Waals surface area contributed by atoms with Crippen molar-refractivity contribution in [1.29, 1.82) is 0 Å². The van der Waals surface area contributed by atoms with Crippen LogP contribution >= 0.6 is 0 Å². The Kier molecular flexibility index (Phi) is 3.93. The summed E-state index contributed by atoms with van der Waals surface area (Å²) in [4.78, 5) is 13.6. The van der Waals surface area contributed by atoms with Gasteiger partial charge < -0.3 is 15.4 Å². The first kappa shape index (κ1) is 17.7. The lowest BCUT2D eigenvalue weighted by Crippen LogP contribution is -2.56. The van der Waals surface area contributed by atoms with Crippen LogP contribution in [0, 0.1) is 41.4 Å². The molecule has 0 aliphatic heterocycles. The van der Waals surface area contributed by atoms with Gasteiger partial charge in [0.15, 0.2) is 11.5 Å². The molecular weight excluding hydrogens is 362 g/mol. The molecule has 6 nitrogen and oxygen atoms in total. The normalized spacial score (nSPS) is 35.9. The molecule has 3 N–H and O–H groups in total. The van der Waals surface area contributed by atoms with Crippen molar-refractivity contribution in [1.82, 2.24) is 19.5 Å². The summed E-state index contributed by atoms with van der Waals surface area (Å²) in [7, 11) is 0. The number of nitrogen functional groups attached to an aromatic ring is 1. The maximum atomic E-state index is 11.3. The number of anilines is 1. The minimum atomic E-state index is -0.609. The minimum Gasteiger partial charge on any atom is -0.389 e. The number of hydrogen-bond acceptors (Lipinski definition) is 5. The Labute approximate surface area is 171 Å². The van der Waals surface area contributed by atoms with Gasteiger partial charge in [-0.15, -0.1) is 0 Å². The van der Waals surface area contributed by atoms with Crippen molar-refractivity contribution >= 4 is 17.0 Å². The van der Waals surface area contributed by atoms with Crippen molar-refractivity contribution < 1.29 is 5.11 Å². The summed E-state index contributed by atoms with van der Waals surface area (Å²) in [6.45, 7) is 0.938. The third-order valence-corrected chi connectivity index (χ3v) is 8.03. The Morgan fingerprint density at radius 1 is 1.14 bits per heavy atom. The molecule has 5 saturated carbocycles. The maximum Gasteiger partial charge on any atom is 0.208 e. The zero-order chi connectivity index (χ0) is 19.6. The molecule has 2 aromatic rings. The summed E-state index contributed by atoms with van der Waals surface area (Å²) >= 11 is 0. The number of nitrogens with zero attached hydrogens (tertiary/aromatic N) is 4. The summed E-state index contributed by atoms with van der Waals surface area (Å²) in [5.74, 6) is 10.1. The van der Waals surface area contributed by atoms with Gasteiger partial charge in [-0.25, -0.2) is 15.0 Å². The Bertz CT molecular complexity index is 997. The van der Waals surface area contributed by atoms with Crippen molar-refractivity contribution in [3.8, 4) is 11.8 Å². The third kappa shape index (κ3) is 2.93. The SMILES string of the molecule is Nc1nc(C#CC2C3CC4CC(C3)CC2(O)C4)nc2c1ncn2CC1CCCC1. The highest BCUT2D eigenvalue weighted by molar-refractivity contribution is 5.81. The van der Waals surface area contributed by atoms with Gasteiger partial charge in [-0.3, -0.25) is 0 Å². The van der Waals surface area contributed by atoms with Crippen LogP contribution in [-0.2, 0) is 6.54 Å². The number of imidazole rings is 1. The zero-order valence-corrected chi connectivity index (χ0v) is 16.8. The molecule has 5 fully saturated rings. The molecule has 4 bridgehead atoms. The van der Waals surface area contributed by atoms with Gasteiger partial charge in [0, 0.05) is 6.54 Å². The molecule has 152 valence electrons. The fourth-order valence-electron chi connectivity index (χ4n) is 7.02. The number of aliphatic hydroxyl groups is 1. The van der Waals surface area contributed by atoms with Crippen LogP contribution in [0.4, 0.5) is 5.82 Å². The molecule has 3 unspecified atom stereocenters. The van der Waals surface area contributed by atoms with Crippen LogP contribution in [0.5, 0.6) is 0 Å². The Hall–Kier alpha value is -2.13. The van der Waals surface area contributed by atoms with E-state index in [1.165, 1.54) is 44.9 Å². The monoisotopic (exact) mass is 391 g/mol. The molecular formula is C23H29N5O. The summed E-state index contributed by atoms with van der Waals surface area (Å²) < 4.78 is 2.12. The lowest BCUT2D eigenvalue weighted by atomic mass is 9.50. The third-order valence-electron chi connectivity index (χ3n) is 8.03. The van der Waals surface area contributed by atoms with Crippen LogP contribution in [0.15, 0.2) is 6.33 Å². The highest BCUT2D eigenvalue weighted by Crippen LogP contribution is 2.58. The van der Waals surface area contributed by atoms with E-state index in [2.05, 4.69) is 26.4 Å². The van der Waals surface area contributed by atoms with Crippen molar-refractivity contribution in [3.63, 3.8) is 0 Å². The van der Waals surface area contributed by atoms with Crippen LogP contribution < -0.4 is 5.73 Å². The lowest BCUT2D eigenvalue weighted by Gasteiger charge is -2.57. The quantitative estimate of drug-likeness (QED) is 0.768. The van der Waals surface area contributed by atoms with Gasteiger partial charge in [0.1, 0.15) is 5.52 Å². The minimum absolute atomic E-state index is 0.0409. The molecule has 5 aliphatic carbocycles. The number of rotatable bonds is 2. The van der Waals surface area contributed by atoms with Gasteiger partial charge in [-0.1, -0.05) is 18.8 Å². The fourth-order valence-corrected chi connectivity index (χ4v) is 7.02. The van der Waals surface area contributed by atoms with Crippen molar-refractivity contribution in [2.24, 2.45) is 29.6 Å². The van der Waals surface area contributed by atoms with Gasteiger partial charge in [-0.05, 0) is 74.5 Å². The first-order valence-electron chi connectivity index (χ1n) is 11.3. The maximum absolute atomic E-state index is 11.3. The highest BCUT2D eigenvalue weighted by Gasteiger charge is 2.55. The average molecular weight is 392 g/mol. The molecule has 6 heteroatoms. The van der Waals surface area contributed by atoms with Crippen molar-refractivity contribution in [2.45, 2.75) is 69.9 Å². The second kappa shape index (κ2) is 6.43. The van der Waals surface area contributed by atoms with E-state index in [9.17, 15) is 5.11 Å². The molecule has 0 aromatic carbocycles. The second-order valence-corrected chi connectivity index (χ2v) is 10.1. The first-order chi connectivity index (χ1) is 14.1. The Morgan fingerprint density at radius 2 is 1.90 bits per heavy atom. The molecule has 2 aromatic heterocycles. The van der Waals surface area contributed by atoms with Crippen LogP contribution in [0.3, 0.4) is 0 Å². The van der Waals surface area contributed by atoms with E-state index >= 15 is 0 Å². The molecule has 0 saturated heterocycles. The Morgan fingerprint density at radius 3 is 2.62 bits per heavy atom. The van der Waals surface area contributed by atoms with Crippen LogP contribution in [0.1, 0.15) is 63.6 Å². The van der Waals surface area contributed by atoms with Crippen LogP contribution in [-0.4, -0.2) is 30.2 Å². The van der Waals surface area contributed by atoms with Crippen LogP contribution in [0.25, 0.3) is 11.2 Å². The van der Waals surface area contributed by atoms with Gasteiger partial charge in [0.2, 0.25) is 5.82 Å². The van der Waals surface area contributed by atoms with Crippen molar-refractivity contribution in [2.75, 3.05) is 5.73 Å². The van der Waals surface area contributed by atoms with Gasteiger partial charge >= 0.3 is 0 Å². The van der Waals surface area contributed by atoms with Gasteiger partial charge in [0.25, 0.3) is 0 Å². The topological polar surface area (TPSA) is 89.8 Å². The Balaban J connectivity index is 1.31. The summed E-state index contributed by atoms with van der Waals surface area (Å²) in [6.07, 6.45) is 12.6. The largest absolute Gasteiger partial charge is 0.389 e. The standard InChI is InChI=1S/C23H29N5O/c24-21-20-22(28(13-25-20)12-14-3-1-2-4-14)27-19(26-21)6-5-18-17-8-15-7-16(9-17)11-23(18,29)10-15/h13-18,29H,1-4,7-12H2,(H2,24,26,27). The highest BCUT2D eigenvalue weighted by atomic mass is 16.3. The zero-order valence-electron chi connectivity index (χ0n) is 16.8. The average Bonchev–Trinajstić information content (AvgIpc) is 3.31. The van der Waals surface area contributed by atoms with E-state index in [0.717, 1.165) is 25.0 Å². The van der Waals surface area contributed by atoms with Gasteiger partial charge in [0.05, 0.1) is 17.8 Å². The predicted molar refractivity (Wildman–Crippen MR) is 111 cm³/mol. The van der Waals surface area contributed by atoms with Crippen LogP contribution in [0.2, 0.25) is 0 Å². The number of nitrogens with two attached hydrogens (primary N) is 1. The molecule has 29 heavy (non-hydrogen) atoms. The summed E-state index contributed by atoms with van der Waals surface area (Å²) in [5.41, 5.74) is 7.03. The predicted octanol–water partition coefficient (Wildman–Crippen LogP) is 3.14. The van der Waals surface area contributed by atoms with E-state index in [1.54, 1.807) is 0 Å². The van der Waals surface area contributed by atoms with E-state index in [1.807, 2.05) is 6.33 Å². The number of fused-ring (bicyclic) bond motifs is 1. The lowest BCUT2D eigenvalue weighted by molar-refractivity contribution is -0.152. The molecule has 3 atom stereocenters. The molecule has 2 heterocycles. The molecule has 0 spiro atoms. The fraction of sp³-hybridized carbons (Fsp3) is 0.696. The smallest absolute Gasteiger partial charge is 0.208 e. The number of hydrogen-bond donors (Lipinski definition) is 2.